The first-order valence-electron chi connectivity index (χ1n) is 8.40. The number of thioether (sulfide) groups is 1. The highest BCUT2D eigenvalue weighted by molar-refractivity contribution is 7.99. The average Bonchev–Trinajstić information content (AvgIpc) is 2.63. The number of nitrogens with zero attached hydrogens (tertiary/aromatic N) is 3. The predicted molar refractivity (Wildman–Crippen MR) is 100 cm³/mol. The number of allylic oxidation sites excluding steroid dienone is 1. The van der Waals surface area contributed by atoms with Gasteiger partial charge >= 0.3 is 0 Å². The van der Waals surface area contributed by atoms with E-state index in [0.717, 1.165) is 13.1 Å². The Morgan fingerprint density at radius 1 is 1.36 bits per heavy atom. The number of aliphatic hydroxyl groups is 1. The van der Waals surface area contributed by atoms with Crippen LogP contribution in [0.3, 0.4) is 0 Å². The fourth-order valence-corrected chi connectivity index (χ4v) is 3.78. The van der Waals surface area contributed by atoms with Gasteiger partial charge in [0.25, 0.3) is 5.56 Å². The zero-order valence-corrected chi connectivity index (χ0v) is 15.0. The van der Waals surface area contributed by atoms with Crippen LogP contribution in [-0.2, 0) is 11.3 Å². The number of aromatic nitrogens is 2. The number of ether oxygens (including phenoxy) is 1. The molecular formula is C18H23N3O3S. The maximum Gasteiger partial charge on any atom is 0.262 e. The van der Waals surface area contributed by atoms with Crippen molar-refractivity contribution in [2.75, 3.05) is 38.6 Å². The molecule has 25 heavy (non-hydrogen) atoms. The first-order valence-corrected chi connectivity index (χ1v) is 9.39. The third-order valence-electron chi connectivity index (χ3n) is 4.12. The summed E-state index contributed by atoms with van der Waals surface area (Å²) in [6, 6.07) is 7.33. The molecule has 0 amide bonds. The Bertz CT molecular complexity index is 787. The molecule has 0 bridgehead atoms. The molecule has 1 N–H and O–H groups in total. The van der Waals surface area contributed by atoms with Crippen molar-refractivity contribution in [1.82, 2.24) is 14.5 Å². The number of hydrogen-bond donors (Lipinski definition) is 1. The number of para-hydroxylation sites is 1. The van der Waals surface area contributed by atoms with Crippen molar-refractivity contribution < 1.29 is 9.84 Å². The minimum atomic E-state index is -0.483. The number of β-amino-alcohol motifs (C(OH)–C–C–N with tert-alkyl or cyclic N) is 1. The van der Waals surface area contributed by atoms with E-state index in [2.05, 4.69) is 16.5 Å². The molecule has 1 aliphatic rings. The Hall–Kier alpha value is -1.67. The SMILES string of the molecule is C=CCn1c(SC[C@H](O)CN2CCOCC2)nc2ccccc2c1=O. The lowest BCUT2D eigenvalue weighted by atomic mass is 10.2. The van der Waals surface area contributed by atoms with Gasteiger partial charge in [0.05, 0.1) is 30.2 Å². The second-order valence-corrected chi connectivity index (χ2v) is 6.98. The van der Waals surface area contributed by atoms with Crippen LogP contribution in [0.2, 0.25) is 0 Å². The summed E-state index contributed by atoms with van der Waals surface area (Å²) in [5.74, 6) is 0.485. The van der Waals surface area contributed by atoms with Crippen molar-refractivity contribution in [1.29, 1.82) is 0 Å². The smallest absolute Gasteiger partial charge is 0.262 e. The maximum absolute atomic E-state index is 12.7. The van der Waals surface area contributed by atoms with E-state index in [9.17, 15) is 9.90 Å². The van der Waals surface area contributed by atoms with Crippen molar-refractivity contribution >= 4 is 22.7 Å². The molecule has 0 saturated carbocycles. The molecule has 1 atom stereocenters. The van der Waals surface area contributed by atoms with Crippen LogP contribution in [0.25, 0.3) is 10.9 Å². The van der Waals surface area contributed by atoms with E-state index in [1.165, 1.54) is 11.8 Å². The van der Waals surface area contributed by atoms with Crippen LogP contribution in [0.15, 0.2) is 46.9 Å². The summed E-state index contributed by atoms with van der Waals surface area (Å²) in [4.78, 5) is 19.5. The van der Waals surface area contributed by atoms with Gasteiger partial charge in [-0.3, -0.25) is 14.3 Å². The van der Waals surface area contributed by atoms with Crippen LogP contribution in [0.5, 0.6) is 0 Å². The summed E-state index contributed by atoms with van der Waals surface area (Å²) in [5, 5.41) is 11.5. The maximum atomic E-state index is 12.7. The number of aliphatic hydroxyl groups excluding tert-OH is 1. The summed E-state index contributed by atoms with van der Waals surface area (Å²) in [6.07, 6.45) is 1.20. The zero-order valence-electron chi connectivity index (χ0n) is 14.1. The normalized spacial score (nSPS) is 16.8. The van der Waals surface area contributed by atoms with E-state index in [0.29, 0.717) is 48.1 Å². The average molecular weight is 361 g/mol. The molecule has 1 saturated heterocycles. The zero-order chi connectivity index (χ0) is 17.6. The van der Waals surface area contributed by atoms with Crippen molar-refractivity contribution in [3.63, 3.8) is 0 Å². The number of fused-ring (bicyclic) bond motifs is 1. The summed E-state index contributed by atoms with van der Waals surface area (Å²) in [7, 11) is 0. The van der Waals surface area contributed by atoms with E-state index in [1.54, 1.807) is 16.7 Å². The van der Waals surface area contributed by atoms with E-state index < -0.39 is 6.10 Å². The van der Waals surface area contributed by atoms with Gasteiger partial charge in [0.15, 0.2) is 5.16 Å². The first kappa shape index (κ1) is 18.1. The fourth-order valence-electron chi connectivity index (χ4n) is 2.85. The summed E-state index contributed by atoms with van der Waals surface area (Å²) in [5.41, 5.74) is 0.605. The van der Waals surface area contributed by atoms with Gasteiger partial charge in [-0.05, 0) is 12.1 Å². The largest absolute Gasteiger partial charge is 0.391 e. The third kappa shape index (κ3) is 4.49. The van der Waals surface area contributed by atoms with Crippen LogP contribution in [-0.4, -0.2) is 64.3 Å². The van der Waals surface area contributed by atoms with Gasteiger partial charge in [0.1, 0.15) is 0 Å². The van der Waals surface area contributed by atoms with E-state index in [1.807, 2.05) is 18.2 Å². The minimum absolute atomic E-state index is 0.0735. The molecule has 2 aromatic rings. The predicted octanol–water partition coefficient (Wildman–Crippen LogP) is 1.37. The highest BCUT2D eigenvalue weighted by atomic mass is 32.2. The second-order valence-electron chi connectivity index (χ2n) is 5.99. The van der Waals surface area contributed by atoms with E-state index in [-0.39, 0.29) is 5.56 Å². The lowest BCUT2D eigenvalue weighted by molar-refractivity contribution is 0.0188. The molecule has 1 aliphatic heterocycles. The summed E-state index contributed by atoms with van der Waals surface area (Å²) >= 11 is 1.41. The molecule has 3 rings (SSSR count). The number of rotatable bonds is 7. The molecule has 1 fully saturated rings. The Morgan fingerprint density at radius 3 is 2.88 bits per heavy atom. The Labute approximate surface area is 151 Å². The van der Waals surface area contributed by atoms with Crippen LogP contribution in [0.1, 0.15) is 0 Å². The van der Waals surface area contributed by atoms with Gasteiger partial charge < -0.3 is 9.84 Å². The third-order valence-corrected chi connectivity index (χ3v) is 5.24. The quantitative estimate of drug-likeness (QED) is 0.456. The van der Waals surface area contributed by atoms with Crippen LogP contribution in [0.4, 0.5) is 0 Å². The Morgan fingerprint density at radius 2 is 2.12 bits per heavy atom. The molecule has 0 radical (unpaired) electrons. The minimum Gasteiger partial charge on any atom is -0.391 e. The fraction of sp³-hybridized carbons (Fsp3) is 0.444. The molecule has 7 heteroatoms. The molecule has 134 valence electrons. The lowest BCUT2D eigenvalue weighted by Crippen LogP contribution is -2.41. The molecule has 1 aromatic heterocycles. The van der Waals surface area contributed by atoms with Gasteiger partial charge in [-0.1, -0.05) is 30.0 Å². The van der Waals surface area contributed by atoms with Gasteiger partial charge in [-0.15, -0.1) is 6.58 Å². The van der Waals surface area contributed by atoms with Crippen molar-refractivity contribution in [3.05, 3.63) is 47.3 Å². The Balaban J connectivity index is 1.74. The molecule has 0 unspecified atom stereocenters. The van der Waals surface area contributed by atoms with E-state index >= 15 is 0 Å². The van der Waals surface area contributed by atoms with Gasteiger partial charge in [-0.2, -0.15) is 0 Å². The van der Waals surface area contributed by atoms with Crippen LogP contribution in [0, 0.1) is 0 Å². The van der Waals surface area contributed by atoms with Crippen molar-refractivity contribution in [2.45, 2.75) is 17.8 Å². The second kappa shape index (κ2) is 8.62. The molecule has 0 aliphatic carbocycles. The molecule has 0 spiro atoms. The highest BCUT2D eigenvalue weighted by Crippen LogP contribution is 2.19. The lowest BCUT2D eigenvalue weighted by Gasteiger charge is -2.28. The summed E-state index contributed by atoms with van der Waals surface area (Å²) in [6.45, 7) is 7.85. The van der Waals surface area contributed by atoms with Gasteiger partial charge in [0.2, 0.25) is 0 Å². The standard InChI is InChI=1S/C18H23N3O3S/c1-2-7-21-17(23)15-5-3-4-6-16(15)19-18(21)25-13-14(22)12-20-8-10-24-11-9-20/h2-6,14,22H,1,7-13H2/t14-/m1/s1. The number of benzene rings is 1. The van der Waals surface area contributed by atoms with Crippen molar-refractivity contribution in [3.8, 4) is 0 Å². The highest BCUT2D eigenvalue weighted by Gasteiger charge is 2.17. The molecule has 2 heterocycles. The van der Waals surface area contributed by atoms with E-state index in [4.69, 9.17) is 4.74 Å². The number of morpholine rings is 1. The topological polar surface area (TPSA) is 67.6 Å². The van der Waals surface area contributed by atoms with Crippen LogP contribution < -0.4 is 5.56 Å². The monoisotopic (exact) mass is 361 g/mol. The molecule has 6 nitrogen and oxygen atoms in total. The summed E-state index contributed by atoms with van der Waals surface area (Å²) < 4.78 is 6.93. The first-order chi connectivity index (χ1) is 12.2. The van der Waals surface area contributed by atoms with Gasteiger partial charge in [-0.25, -0.2) is 4.98 Å². The number of hydrogen-bond acceptors (Lipinski definition) is 6. The van der Waals surface area contributed by atoms with Gasteiger partial charge in [0, 0.05) is 31.9 Å². The van der Waals surface area contributed by atoms with Crippen molar-refractivity contribution in [2.24, 2.45) is 0 Å². The van der Waals surface area contributed by atoms with Crippen LogP contribution >= 0.6 is 11.8 Å². The molecule has 1 aromatic carbocycles. The Kier molecular flexibility index (Phi) is 6.25. The molecular weight excluding hydrogens is 338 g/mol.